The van der Waals surface area contributed by atoms with E-state index >= 15 is 0 Å². The second kappa shape index (κ2) is 3.53. The van der Waals surface area contributed by atoms with Crippen LogP contribution < -0.4 is 0 Å². The number of fused-ring (bicyclic) bond motifs is 1. The highest BCUT2D eigenvalue weighted by atomic mass is 16.4. The van der Waals surface area contributed by atoms with E-state index in [4.69, 9.17) is 5.11 Å². The summed E-state index contributed by atoms with van der Waals surface area (Å²) in [4.78, 5) is 14.5. The summed E-state index contributed by atoms with van der Waals surface area (Å²) in [6.45, 7) is 1.93. The number of hydrogen-bond acceptors (Lipinski definition) is 3. The molecule has 0 aliphatic heterocycles. The Balaban J connectivity index is 2.48. The van der Waals surface area contributed by atoms with Gasteiger partial charge in [0.15, 0.2) is 11.5 Å². The van der Waals surface area contributed by atoms with Crippen molar-refractivity contribution < 1.29 is 9.90 Å². The van der Waals surface area contributed by atoms with E-state index in [9.17, 15) is 4.79 Å². The first-order valence-corrected chi connectivity index (χ1v) is 4.40. The maximum atomic E-state index is 10.3. The molecule has 0 saturated heterocycles. The van der Waals surface area contributed by atoms with E-state index in [1.165, 1.54) is 6.08 Å². The molecule has 0 radical (unpaired) electrons. The molecule has 0 saturated carbocycles. The molecule has 76 valence electrons. The van der Waals surface area contributed by atoms with E-state index < -0.39 is 5.97 Å². The van der Waals surface area contributed by atoms with E-state index in [0.717, 1.165) is 17.3 Å². The van der Waals surface area contributed by atoms with Crippen LogP contribution in [-0.2, 0) is 4.79 Å². The number of aromatic nitrogens is 3. The summed E-state index contributed by atoms with van der Waals surface area (Å²) in [7, 11) is 0. The van der Waals surface area contributed by atoms with Crippen molar-refractivity contribution in [3.8, 4) is 0 Å². The van der Waals surface area contributed by atoms with Crippen molar-refractivity contribution in [1.82, 2.24) is 14.6 Å². The lowest BCUT2D eigenvalue weighted by atomic mass is 10.3. The van der Waals surface area contributed by atoms with Gasteiger partial charge in [0.1, 0.15) is 0 Å². The minimum atomic E-state index is -1.01. The van der Waals surface area contributed by atoms with Crippen LogP contribution in [0.3, 0.4) is 0 Å². The highest BCUT2D eigenvalue weighted by Gasteiger charge is 2.02. The van der Waals surface area contributed by atoms with Crippen molar-refractivity contribution in [3.63, 3.8) is 0 Å². The van der Waals surface area contributed by atoms with Gasteiger partial charge in [-0.25, -0.2) is 14.3 Å². The van der Waals surface area contributed by atoms with Gasteiger partial charge >= 0.3 is 5.97 Å². The van der Waals surface area contributed by atoms with Crippen LogP contribution in [0, 0.1) is 6.92 Å². The Morgan fingerprint density at radius 1 is 1.60 bits per heavy atom. The predicted octanol–water partition coefficient (Wildman–Crippen LogP) is 1.14. The number of nitrogens with zero attached hydrogens (tertiary/aromatic N) is 3. The molecular formula is C10H9N3O2. The standard InChI is InChI=1S/C10H9N3O2/c1-7-3-2-6-13-10(7)11-8(12-13)4-5-9(14)15/h2-6H,1H3,(H,14,15)/b5-4+. The normalized spacial score (nSPS) is 11.3. The fourth-order valence-electron chi connectivity index (χ4n) is 1.27. The lowest BCUT2D eigenvalue weighted by molar-refractivity contribution is -0.131. The Kier molecular flexibility index (Phi) is 2.21. The first-order valence-electron chi connectivity index (χ1n) is 4.40. The Bertz CT molecular complexity index is 543. The molecule has 0 fully saturated rings. The third-order valence-electron chi connectivity index (χ3n) is 1.95. The van der Waals surface area contributed by atoms with Crippen LogP contribution in [0.5, 0.6) is 0 Å². The molecule has 0 aliphatic rings. The maximum absolute atomic E-state index is 10.3. The Hall–Kier alpha value is -2.17. The van der Waals surface area contributed by atoms with Gasteiger partial charge in [-0.3, -0.25) is 0 Å². The molecule has 0 atom stereocenters. The van der Waals surface area contributed by atoms with Crippen LogP contribution in [0.4, 0.5) is 0 Å². The lowest BCUT2D eigenvalue weighted by Crippen LogP contribution is -1.88. The zero-order chi connectivity index (χ0) is 10.8. The molecule has 1 N–H and O–H groups in total. The SMILES string of the molecule is Cc1cccn2nc(/C=C/C(=O)O)nc12. The number of hydrogen-bond donors (Lipinski definition) is 1. The number of carboxylic acid groups (broad SMARTS) is 1. The summed E-state index contributed by atoms with van der Waals surface area (Å²) in [6.07, 6.45) is 4.16. The van der Waals surface area contributed by atoms with Gasteiger partial charge in [0.25, 0.3) is 0 Å². The van der Waals surface area contributed by atoms with Gasteiger partial charge in [-0.15, -0.1) is 5.10 Å². The predicted molar refractivity (Wildman–Crippen MR) is 54.4 cm³/mol. The summed E-state index contributed by atoms with van der Waals surface area (Å²) in [5.74, 6) is -0.614. The summed E-state index contributed by atoms with van der Waals surface area (Å²) in [5, 5.41) is 12.6. The van der Waals surface area contributed by atoms with Crippen molar-refractivity contribution in [3.05, 3.63) is 35.8 Å². The summed E-state index contributed by atoms with van der Waals surface area (Å²) in [6, 6.07) is 3.79. The third kappa shape index (κ3) is 1.85. The average Bonchev–Trinajstić information content (AvgIpc) is 2.59. The van der Waals surface area contributed by atoms with Gasteiger partial charge in [0.2, 0.25) is 0 Å². The quantitative estimate of drug-likeness (QED) is 0.743. The van der Waals surface area contributed by atoms with Crippen LogP contribution in [0.2, 0.25) is 0 Å². The number of rotatable bonds is 2. The molecule has 0 spiro atoms. The molecule has 0 bridgehead atoms. The summed E-state index contributed by atoms with van der Waals surface area (Å²) >= 11 is 0. The molecule has 0 aromatic carbocycles. The molecule has 2 rings (SSSR count). The Labute approximate surface area is 85.7 Å². The largest absolute Gasteiger partial charge is 0.478 e. The van der Waals surface area contributed by atoms with Crippen molar-refractivity contribution in [2.24, 2.45) is 0 Å². The van der Waals surface area contributed by atoms with Gasteiger partial charge < -0.3 is 5.11 Å². The minimum absolute atomic E-state index is 0.395. The number of aliphatic carboxylic acids is 1. The van der Waals surface area contributed by atoms with Crippen LogP contribution in [0.15, 0.2) is 24.4 Å². The molecule has 0 unspecified atom stereocenters. The van der Waals surface area contributed by atoms with Crippen molar-refractivity contribution in [2.45, 2.75) is 6.92 Å². The molecule has 5 heteroatoms. The zero-order valence-corrected chi connectivity index (χ0v) is 8.08. The molecule has 0 amide bonds. The fourth-order valence-corrected chi connectivity index (χ4v) is 1.27. The molecule has 0 aliphatic carbocycles. The van der Waals surface area contributed by atoms with Crippen molar-refractivity contribution in [2.75, 3.05) is 0 Å². The first-order chi connectivity index (χ1) is 7.16. The Morgan fingerprint density at radius 2 is 2.40 bits per heavy atom. The monoisotopic (exact) mass is 203 g/mol. The average molecular weight is 203 g/mol. The number of pyridine rings is 1. The fraction of sp³-hybridized carbons (Fsp3) is 0.100. The Morgan fingerprint density at radius 3 is 3.07 bits per heavy atom. The maximum Gasteiger partial charge on any atom is 0.328 e. The molecule has 5 nitrogen and oxygen atoms in total. The molecule has 15 heavy (non-hydrogen) atoms. The van der Waals surface area contributed by atoms with Crippen LogP contribution in [0.1, 0.15) is 11.4 Å². The lowest BCUT2D eigenvalue weighted by Gasteiger charge is -1.92. The summed E-state index contributed by atoms with van der Waals surface area (Å²) < 4.78 is 1.62. The molecule has 2 aromatic rings. The van der Waals surface area contributed by atoms with Gasteiger partial charge in [-0.05, 0) is 24.6 Å². The van der Waals surface area contributed by atoms with E-state index in [1.54, 1.807) is 10.7 Å². The van der Waals surface area contributed by atoms with E-state index in [1.807, 2.05) is 19.1 Å². The number of carboxylic acids is 1. The topological polar surface area (TPSA) is 67.5 Å². The number of aryl methyl sites for hydroxylation is 1. The second-order valence-corrected chi connectivity index (χ2v) is 3.10. The highest BCUT2D eigenvalue weighted by molar-refractivity contribution is 5.84. The molecule has 2 heterocycles. The highest BCUT2D eigenvalue weighted by Crippen LogP contribution is 2.07. The first kappa shape index (κ1) is 9.39. The van der Waals surface area contributed by atoms with E-state index in [-0.39, 0.29) is 0 Å². The van der Waals surface area contributed by atoms with E-state index in [2.05, 4.69) is 10.1 Å². The van der Waals surface area contributed by atoms with Crippen LogP contribution in [-0.4, -0.2) is 25.7 Å². The zero-order valence-electron chi connectivity index (χ0n) is 8.08. The van der Waals surface area contributed by atoms with Gasteiger partial charge in [-0.1, -0.05) is 6.07 Å². The van der Waals surface area contributed by atoms with Crippen LogP contribution >= 0.6 is 0 Å². The van der Waals surface area contributed by atoms with Gasteiger partial charge in [0, 0.05) is 12.3 Å². The number of carbonyl (C=O) groups is 1. The van der Waals surface area contributed by atoms with Crippen molar-refractivity contribution >= 4 is 17.7 Å². The van der Waals surface area contributed by atoms with Gasteiger partial charge in [-0.2, -0.15) is 0 Å². The summed E-state index contributed by atoms with van der Waals surface area (Å²) in [5.41, 5.74) is 1.74. The van der Waals surface area contributed by atoms with E-state index in [0.29, 0.717) is 5.82 Å². The molecule has 2 aromatic heterocycles. The smallest absolute Gasteiger partial charge is 0.328 e. The minimum Gasteiger partial charge on any atom is -0.478 e. The third-order valence-corrected chi connectivity index (χ3v) is 1.95. The van der Waals surface area contributed by atoms with Crippen molar-refractivity contribution in [1.29, 1.82) is 0 Å². The molecular weight excluding hydrogens is 194 g/mol. The van der Waals surface area contributed by atoms with Crippen LogP contribution in [0.25, 0.3) is 11.7 Å². The van der Waals surface area contributed by atoms with Gasteiger partial charge in [0.05, 0.1) is 0 Å². The second-order valence-electron chi connectivity index (χ2n) is 3.10.